The molecule has 0 aliphatic carbocycles. The smallest absolute Gasteiger partial charge is 0.234 e. The molecule has 3 rings (SSSR count). The van der Waals surface area contributed by atoms with Crippen LogP contribution in [-0.2, 0) is 4.79 Å². The third kappa shape index (κ3) is 4.99. The minimum Gasteiger partial charge on any atom is -0.331 e. The van der Waals surface area contributed by atoms with Crippen molar-refractivity contribution < 1.29 is 18.5 Å². The predicted octanol–water partition coefficient (Wildman–Crippen LogP) is 2.48. The topological polar surface area (TPSA) is 64.2 Å². The van der Waals surface area contributed by atoms with E-state index >= 15 is 0 Å². The van der Waals surface area contributed by atoms with Crippen LogP contribution in [0.3, 0.4) is 0 Å². The van der Waals surface area contributed by atoms with Crippen LogP contribution in [0.25, 0.3) is 5.69 Å². The molecular formula is C20H22F2N5OS+. The highest BCUT2D eigenvalue weighted by atomic mass is 32.2. The van der Waals surface area contributed by atoms with Crippen LogP contribution >= 0.6 is 11.8 Å². The molecule has 6 nitrogen and oxygen atoms in total. The van der Waals surface area contributed by atoms with Crippen LogP contribution in [0, 0.1) is 11.6 Å². The SMILES string of the molecule is C[C@H](c1nnc(SCC(=O)Nc2ccccc2F)n1-c1ccc(F)cc1)[NH+](C)C. The number of para-hydroxylation sites is 1. The fourth-order valence-corrected chi connectivity index (χ4v) is 3.38. The van der Waals surface area contributed by atoms with E-state index in [2.05, 4.69) is 15.5 Å². The third-order valence-corrected chi connectivity index (χ3v) is 5.41. The van der Waals surface area contributed by atoms with E-state index in [4.69, 9.17) is 0 Å². The Bertz CT molecular complexity index is 991. The van der Waals surface area contributed by atoms with E-state index in [1.165, 1.54) is 36.0 Å². The summed E-state index contributed by atoms with van der Waals surface area (Å²) in [6, 6.07) is 12.0. The Hall–Kier alpha value is -2.78. The van der Waals surface area contributed by atoms with Crippen LogP contribution in [-0.4, -0.2) is 40.5 Å². The lowest BCUT2D eigenvalue weighted by Crippen LogP contribution is -3.05. The minimum atomic E-state index is -0.495. The first-order valence-corrected chi connectivity index (χ1v) is 10.0. The molecule has 0 aliphatic heterocycles. The molecule has 2 N–H and O–H groups in total. The Morgan fingerprint density at radius 1 is 1.14 bits per heavy atom. The molecule has 0 saturated heterocycles. The Morgan fingerprint density at radius 2 is 1.83 bits per heavy atom. The van der Waals surface area contributed by atoms with E-state index in [1.807, 2.05) is 25.6 Å². The third-order valence-electron chi connectivity index (χ3n) is 4.48. The molecule has 2 aromatic carbocycles. The molecule has 9 heteroatoms. The number of carbonyl (C=O) groups excluding carboxylic acids is 1. The van der Waals surface area contributed by atoms with Gasteiger partial charge < -0.3 is 10.2 Å². The van der Waals surface area contributed by atoms with Crippen molar-refractivity contribution in [3.05, 3.63) is 66.0 Å². The van der Waals surface area contributed by atoms with Crippen LogP contribution in [0.2, 0.25) is 0 Å². The molecule has 0 radical (unpaired) electrons. The summed E-state index contributed by atoms with van der Waals surface area (Å²) in [6.45, 7) is 2.01. The maximum atomic E-state index is 13.7. The molecule has 0 unspecified atom stereocenters. The lowest BCUT2D eigenvalue weighted by molar-refractivity contribution is -0.890. The molecule has 0 bridgehead atoms. The van der Waals surface area contributed by atoms with E-state index in [-0.39, 0.29) is 29.2 Å². The lowest BCUT2D eigenvalue weighted by atomic mass is 10.2. The molecule has 0 spiro atoms. The Kier molecular flexibility index (Phi) is 6.60. The van der Waals surface area contributed by atoms with Gasteiger partial charge >= 0.3 is 0 Å². The standard InChI is InChI=1S/C20H21F2N5OS/c1-13(26(2)3)19-24-25-20(27(19)15-10-8-14(21)9-11-15)29-12-18(28)23-17-7-5-4-6-16(17)22/h4-11,13H,12H2,1-3H3,(H,23,28)/p+1/t13-/m1/s1. The number of aromatic nitrogens is 3. The van der Waals surface area contributed by atoms with Gasteiger partial charge in [0.2, 0.25) is 5.91 Å². The largest absolute Gasteiger partial charge is 0.331 e. The van der Waals surface area contributed by atoms with Crippen molar-refractivity contribution in [3.8, 4) is 5.69 Å². The van der Waals surface area contributed by atoms with Crippen molar-refractivity contribution in [2.75, 3.05) is 25.2 Å². The number of anilines is 1. The van der Waals surface area contributed by atoms with Gasteiger partial charge in [0, 0.05) is 5.69 Å². The van der Waals surface area contributed by atoms with Gasteiger partial charge in [-0.15, -0.1) is 10.2 Å². The van der Waals surface area contributed by atoms with Crippen LogP contribution < -0.4 is 10.2 Å². The summed E-state index contributed by atoms with van der Waals surface area (Å²) in [5.41, 5.74) is 0.833. The molecule has 29 heavy (non-hydrogen) atoms. The summed E-state index contributed by atoms with van der Waals surface area (Å²) >= 11 is 1.18. The van der Waals surface area contributed by atoms with Crippen LogP contribution in [0.5, 0.6) is 0 Å². The number of quaternary nitrogens is 1. The number of rotatable bonds is 7. The zero-order valence-corrected chi connectivity index (χ0v) is 17.1. The quantitative estimate of drug-likeness (QED) is 0.579. The molecule has 1 aromatic heterocycles. The van der Waals surface area contributed by atoms with Crippen molar-refractivity contribution in [1.82, 2.24) is 14.8 Å². The first kappa shape index (κ1) is 20.9. The number of nitrogens with one attached hydrogen (secondary N) is 2. The maximum Gasteiger partial charge on any atom is 0.234 e. The van der Waals surface area contributed by atoms with Crippen LogP contribution in [0.1, 0.15) is 18.8 Å². The monoisotopic (exact) mass is 418 g/mol. The molecule has 0 saturated carbocycles. The van der Waals surface area contributed by atoms with Gasteiger partial charge in [-0.25, -0.2) is 8.78 Å². The summed E-state index contributed by atoms with van der Waals surface area (Å²) < 4.78 is 28.9. The van der Waals surface area contributed by atoms with E-state index in [1.54, 1.807) is 24.3 Å². The van der Waals surface area contributed by atoms with Gasteiger partial charge in [-0.05, 0) is 43.3 Å². The number of benzene rings is 2. The van der Waals surface area contributed by atoms with Gasteiger partial charge in [0.15, 0.2) is 11.0 Å². The molecule has 0 fully saturated rings. The average Bonchev–Trinajstić information content (AvgIpc) is 3.12. The molecule has 1 atom stereocenters. The normalized spacial score (nSPS) is 12.2. The minimum absolute atomic E-state index is 0.0224. The van der Waals surface area contributed by atoms with E-state index < -0.39 is 5.82 Å². The Balaban J connectivity index is 1.82. The van der Waals surface area contributed by atoms with Gasteiger partial charge in [-0.1, -0.05) is 23.9 Å². The number of halogens is 2. The van der Waals surface area contributed by atoms with Crippen LogP contribution in [0.4, 0.5) is 14.5 Å². The van der Waals surface area contributed by atoms with Crippen molar-refractivity contribution in [2.24, 2.45) is 0 Å². The van der Waals surface area contributed by atoms with Crippen molar-refractivity contribution in [3.63, 3.8) is 0 Å². The van der Waals surface area contributed by atoms with Crippen LogP contribution in [0.15, 0.2) is 53.7 Å². The summed E-state index contributed by atoms with van der Waals surface area (Å²) in [7, 11) is 4.01. The molecule has 152 valence electrons. The van der Waals surface area contributed by atoms with Gasteiger partial charge in [0.1, 0.15) is 17.7 Å². The summed E-state index contributed by atoms with van der Waals surface area (Å²) in [6.07, 6.45) is 0. The average molecular weight is 418 g/mol. The predicted molar refractivity (Wildman–Crippen MR) is 108 cm³/mol. The Morgan fingerprint density at radius 3 is 2.48 bits per heavy atom. The highest BCUT2D eigenvalue weighted by molar-refractivity contribution is 7.99. The summed E-state index contributed by atoms with van der Waals surface area (Å²) in [4.78, 5) is 13.4. The van der Waals surface area contributed by atoms with Gasteiger partial charge in [0.05, 0.1) is 25.5 Å². The highest BCUT2D eigenvalue weighted by Gasteiger charge is 2.24. The molecule has 3 aromatic rings. The second kappa shape index (κ2) is 9.15. The zero-order chi connectivity index (χ0) is 21.0. The van der Waals surface area contributed by atoms with E-state index in [0.29, 0.717) is 16.7 Å². The molecule has 1 amide bonds. The first-order valence-electron chi connectivity index (χ1n) is 9.05. The fraction of sp³-hybridized carbons (Fsp3) is 0.250. The highest BCUT2D eigenvalue weighted by Crippen LogP contribution is 2.25. The van der Waals surface area contributed by atoms with Crippen molar-refractivity contribution in [2.45, 2.75) is 18.1 Å². The number of nitrogens with zero attached hydrogens (tertiary/aromatic N) is 3. The lowest BCUT2D eigenvalue weighted by Gasteiger charge is -2.18. The maximum absolute atomic E-state index is 13.7. The number of carbonyl (C=O) groups is 1. The fourth-order valence-electron chi connectivity index (χ4n) is 2.63. The van der Waals surface area contributed by atoms with Crippen molar-refractivity contribution >= 4 is 23.4 Å². The number of thioether (sulfide) groups is 1. The Labute approximate surface area is 171 Å². The summed E-state index contributed by atoms with van der Waals surface area (Å²) in [5.74, 6) is -0.467. The second-order valence-electron chi connectivity index (χ2n) is 6.77. The van der Waals surface area contributed by atoms with Crippen molar-refractivity contribution in [1.29, 1.82) is 0 Å². The van der Waals surface area contributed by atoms with E-state index in [9.17, 15) is 13.6 Å². The molecule has 0 aliphatic rings. The summed E-state index contributed by atoms with van der Waals surface area (Å²) in [5, 5.41) is 11.6. The molecule has 1 heterocycles. The van der Waals surface area contributed by atoms with Gasteiger partial charge in [0.25, 0.3) is 0 Å². The number of hydrogen-bond donors (Lipinski definition) is 2. The van der Waals surface area contributed by atoms with Gasteiger partial charge in [-0.3, -0.25) is 9.36 Å². The molecular weight excluding hydrogens is 396 g/mol. The zero-order valence-electron chi connectivity index (χ0n) is 16.3. The van der Waals surface area contributed by atoms with E-state index in [0.717, 1.165) is 4.90 Å². The van der Waals surface area contributed by atoms with Gasteiger partial charge in [-0.2, -0.15) is 0 Å². The second-order valence-corrected chi connectivity index (χ2v) is 7.71. The number of hydrogen-bond acceptors (Lipinski definition) is 4. The first-order chi connectivity index (χ1) is 13.9. The number of amides is 1.